The van der Waals surface area contributed by atoms with Crippen molar-refractivity contribution in [3.05, 3.63) is 51.0 Å². The van der Waals surface area contributed by atoms with Crippen LogP contribution in [0.3, 0.4) is 0 Å². The lowest BCUT2D eigenvalue weighted by atomic mass is 9.97. The van der Waals surface area contributed by atoms with Crippen molar-refractivity contribution in [2.45, 2.75) is 45.1 Å². The van der Waals surface area contributed by atoms with Crippen molar-refractivity contribution in [3.63, 3.8) is 0 Å². The molecule has 0 spiro atoms. The minimum Gasteiger partial charge on any atom is -0.478 e. The third-order valence-corrected chi connectivity index (χ3v) is 5.59. The summed E-state index contributed by atoms with van der Waals surface area (Å²) < 4.78 is 0. The molecule has 0 unspecified atom stereocenters. The number of nitrogens with zero attached hydrogens (tertiary/aromatic N) is 1. The lowest BCUT2D eigenvalue weighted by Crippen LogP contribution is -2.43. The molecule has 0 bridgehead atoms. The number of aromatic nitrogens is 1. The molecule has 2 aromatic rings. The van der Waals surface area contributed by atoms with E-state index in [0.29, 0.717) is 5.56 Å². The maximum absolute atomic E-state index is 12.8. The van der Waals surface area contributed by atoms with Crippen LogP contribution in [-0.2, 0) is 5.54 Å². The van der Waals surface area contributed by atoms with Gasteiger partial charge in [0.15, 0.2) is 0 Å². The summed E-state index contributed by atoms with van der Waals surface area (Å²) in [6.07, 6.45) is 3.83. The maximum atomic E-state index is 12.8. The number of benzene rings is 1. The smallest absolute Gasteiger partial charge is 0.335 e. The van der Waals surface area contributed by atoms with Crippen LogP contribution in [0.1, 0.15) is 62.7 Å². The van der Waals surface area contributed by atoms with Crippen LogP contribution in [-0.4, -0.2) is 22.0 Å². The van der Waals surface area contributed by atoms with Crippen molar-refractivity contribution in [1.29, 1.82) is 0 Å². The van der Waals surface area contributed by atoms with E-state index < -0.39 is 11.5 Å². The number of hydrogen-bond acceptors (Lipinski definition) is 4. The van der Waals surface area contributed by atoms with Crippen molar-refractivity contribution in [2.75, 3.05) is 0 Å². The molecule has 5 nitrogen and oxygen atoms in total. The van der Waals surface area contributed by atoms with E-state index in [2.05, 4.69) is 10.3 Å². The van der Waals surface area contributed by atoms with Gasteiger partial charge in [0, 0.05) is 16.6 Å². The number of carbonyl (C=O) groups is 2. The van der Waals surface area contributed by atoms with Gasteiger partial charge >= 0.3 is 5.97 Å². The van der Waals surface area contributed by atoms with E-state index in [0.717, 1.165) is 41.9 Å². The number of aromatic carboxylic acids is 1. The molecule has 1 aromatic heterocycles. The Morgan fingerprint density at radius 3 is 2.42 bits per heavy atom. The first-order chi connectivity index (χ1) is 11.4. The Balaban J connectivity index is 1.91. The largest absolute Gasteiger partial charge is 0.478 e. The zero-order valence-corrected chi connectivity index (χ0v) is 14.6. The van der Waals surface area contributed by atoms with Crippen LogP contribution in [0.2, 0.25) is 0 Å². The molecule has 0 radical (unpaired) electrons. The highest BCUT2D eigenvalue weighted by Gasteiger charge is 2.39. The number of nitrogens with one attached hydrogen (secondary N) is 1. The average molecular weight is 344 g/mol. The molecule has 1 aliphatic carbocycles. The molecule has 3 rings (SSSR count). The average Bonchev–Trinajstić information content (AvgIpc) is 3.16. The van der Waals surface area contributed by atoms with Crippen LogP contribution in [0.5, 0.6) is 0 Å². The van der Waals surface area contributed by atoms with E-state index in [1.54, 1.807) is 30.4 Å². The van der Waals surface area contributed by atoms with Crippen LogP contribution in [0.4, 0.5) is 0 Å². The minimum absolute atomic E-state index is 0.130. The van der Waals surface area contributed by atoms with Crippen LogP contribution >= 0.6 is 11.3 Å². The van der Waals surface area contributed by atoms with Gasteiger partial charge in [-0.05, 0) is 50.5 Å². The summed E-state index contributed by atoms with van der Waals surface area (Å²) in [6, 6.07) is 4.71. The fourth-order valence-corrected chi connectivity index (χ4v) is 4.28. The van der Waals surface area contributed by atoms with Crippen LogP contribution in [0.15, 0.2) is 23.6 Å². The summed E-state index contributed by atoms with van der Waals surface area (Å²) in [6.45, 7) is 3.74. The first kappa shape index (κ1) is 16.6. The molecular weight excluding hydrogens is 324 g/mol. The monoisotopic (exact) mass is 344 g/mol. The van der Waals surface area contributed by atoms with Crippen molar-refractivity contribution in [1.82, 2.24) is 10.3 Å². The van der Waals surface area contributed by atoms with Crippen LogP contribution in [0, 0.1) is 13.8 Å². The van der Waals surface area contributed by atoms with Gasteiger partial charge in [-0.15, -0.1) is 11.3 Å². The summed E-state index contributed by atoms with van der Waals surface area (Å²) in [7, 11) is 0. The molecular formula is C18H20N2O3S. The topological polar surface area (TPSA) is 79.3 Å². The van der Waals surface area contributed by atoms with Gasteiger partial charge in [0.2, 0.25) is 0 Å². The number of carboxylic acids is 1. The second kappa shape index (κ2) is 6.36. The van der Waals surface area contributed by atoms with Crippen molar-refractivity contribution >= 4 is 23.2 Å². The Bertz CT molecular complexity index is 791. The number of hydrogen-bond donors (Lipinski definition) is 2. The molecule has 1 heterocycles. The minimum atomic E-state index is -1.03. The Hall–Kier alpha value is -2.21. The normalized spacial score (nSPS) is 16.1. The van der Waals surface area contributed by atoms with Crippen molar-refractivity contribution in [3.8, 4) is 0 Å². The molecule has 0 atom stereocenters. The summed E-state index contributed by atoms with van der Waals surface area (Å²) in [4.78, 5) is 28.6. The highest BCUT2D eigenvalue weighted by molar-refractivity contribution is 7.09. The lowest BCUT2D eigenvalue weighted by Gasteiger charge is -2.28. The molecule has 1 saturated carbocycles. The maximum Gasteiger partial charge on any atom is 0.335 e. The first-order valence-corrected chi connectivity index (χ1v) is 8.88. The van der Waals surface area contributed by atoms with E-state index in [-0.39, 0.29) is 11.5 Å². The van der Waals surface area contributed by atoms with Gasteiger partial charge in [-0.2, -0.15) is 0 Å². The summed E-state index contributed by atoms with van der Waals surface area (Å²) >= 11 is 1.57. The van der Waals surface area contributed by atoms with E-state index in [9.17, 15) is 14.7 Å². The molecule has 24 heavy (non-hydrogen) atoms. The molecule has 1 aliphatic rings. The second-order valence-electron chi connectivity index (χ2n) is 6.43. The Morgan fingerprint density at radius 2 is 1.83 bits per heavy atom. The zero-order chi connectivity index (χ0) is 17.3. The van der Waals surface area contributed by atoms with Crippen molar-refractivity contribution in [2.24, 2.45) is 0 Å². The second-order valence-corrected chi connectivity index (χ2v) is 7.29. The van der Waals surface area contributed by atoms with Gasteiger partial charge < -0.3 is 10.4 Å². The summed E-state index contributed by atoms with van der Waals surface area (Å²) in [5, 5.41) is 15.3. The van der Waals surface area contributed by atoms with E-state index >= 15 is 0 Å². The summed E-state index contributed by atoms with van der Waals surface area (Å²) in [5.74, 6) is -1.27. The highest BCUT2D eigenvalue weighted by Crippen LogP contribution is 2.40. The van der Waals surface area contributed by atoms with Gasteiger partial charge in [0.25, 0.3) is 5.91 Å². The third kappa shape index (κ3) is 3.19. The molecule has 126 valence electrons. The van der Waals surface area contributed by atoms with Crippen LogP contribution < -0.4 is 5.32 Å². The number of thiazole rings is 1. The Kier molecular flexibility index (Phi) is 4.41. The van der Waals surface area contributed by atoms with Gasteiger partial charge in [-0.3, -0.25) is 4.79 Å². The van der Waals surface area contributed by atoms with Gasteiger partial charge in [0.1, 0.15) is 5.01 Å². The number of aryl methyl sites for hydroxylation is 2. The number of amides is 1. The van der Waals surface area contributed by atoms with E-state index in [1.165, 1.54) is 6.07 Å². The summed E-state index contributed by atoms with van der Waals surface area (Å²) in [5.41, 5.74) is 1.80. The number of rotatable bonds is 4. The van der Waals surface area contributed by atoms with Gasteiger partial charge in [0.05, 0.1) is 11.1 Å². The fourth-order valence-electron chi connectivity index (χ4n) is 3.27. The molecule has 1 amide bonds. The molecule has 0 aliphatic heterocycles. The third-order valence-electron chi connectivity index (χ3n) is 4.42. The fraction of sp³-hybridized carbons (Fsp3) is 0.389. The van der Waals surface area contributed by atoms with Gasteiger partial charge in [-0.1, -0.05) is 12.8 Å². The standard InChI is InChI=1S/C18H20N2O3S/c1-11-7-13(9-14(8-11)16(22)23)15(21)20-18(5-3-4-6-18)17-19-12(2)10-24-17/h7-10H,3-6H2,1-2H3,(H,20,21)(H,22,23). The number of carboxylic acid groups (broad SMARTS) is 1. The molecule has 6 heteroatoms. The lowest BCUT2D eigenvalue weighted by molar-refractivity contribution is 0.0696. The zero-order valence-electron chi connectivity index (χ0n) is 13.8. The van der Waals surface area contributed by atoms with Gasteiger partial charge in [-0.25, -0.2) is 9.78 Å². The van der Waals surface area contributed by atoms with E-state index in [4.69, 9.17) is 0 Å². The van der Waals surface area contributed by atoms with Crippen molar-refractivity contribution < 1.29 is 14.7 Å². The molecule has 1 aromatic carbocycles. The number of carbonyl (C=O) groups excluding carboxylic acids is 1. The SMILES string of the molecule is Cc1cc(C(=O)O)cc(C(=O)NC2(c3nc(C)cs3)CCCC2)c1. The Morgan fingerprint density at radius 1 is 1.17 bits per heavy atom. The van der Waals surface area contributed by atoms with E-state index in [1.807, 2.05) is 12.3 Å². The molecule has 1 fully saturated rings. The first-order valence-electron chi connectivity index (χ1n) is 8.00. The molecule has 2 N–H and O–H groups in total. The molecule has 0 saturated heterocycles. The Labute approximate surface area is 144 Å². The predicted octanol–water partition coefficient (Wildman–Crippen LogP) is 3.66. The quantitative estimate of drug-likeness (QED) is 0.887. The predicted molar refractivity (Wildman–Crippen MR) is 92.6 cm³/mol. The highest BCUT2D eigenvalue weighted by atomic mass is 32.1. The van der Waals surface area contributed by atoms with Crippen LogP contribution in [0.25, 0.3) is 0 Å².